The summed E-state index contributed by atoms with van der Waals surface area (Å²) in [6.45, 7) is 0.222. The number of benzene rings is 4. The largest absolute Gasteiger partial charge is 0.497 e. The highest BCUT2D eigenvalue weighted by Crippen LogP contribution is 2.52. The summed E-state index contributed by atoms with van der Waals surface area (Å²) in [4.78, 5) is 38.9. The molecule has 0 aliphatic carbocycles. The van der Waals surface area contributed by atoms with Gasteiger partial charge in [0.05, 0.1) is 31.3 Å². The first-order valence-corrected chi connectivity index (χ1v) is 21.6. The van der Waals surface area contributed by atoms with Gasteiger partial charge in [-0.05, 0) is 41.5 Å². The number of hydrogen-bond donors (Lipinski definition) is 1. The number of aliphatic hydroxyl groups is 1. The minimum absolute atomic E-state index is 0.134. The lowest BCUT2D eigenvalue weighted by molar-refractivity contribution is -0.384. The van der Waals surface area contributed by atoms with Gasteiger partial charge in [-0.15, -0.1) is 19.3 Å². The Bertz CT molecular complexity index is 2530. The summed E-state index contributed by atoms with van der Waals surface area (Å²) < 4.78 is 79.7. The fraction of sp³-hybridized carbons (Fsp3) is 0.327. The van der Waals surface area contributed by atoms with E-state index in [0.717, 1.165) is 21.0 Å². The van der Waals surface area contributed by atoms with Crippen molar-refractivity contribution < 1.29 is 65.8 Å². The Morgan fingerprint density at radius 1 is 0.831 bits per heavy atom. The average molecular weight is 906 g/mol. The number of imide groups is 1. The molecule has 338 valence electrons. The summed E-state index contributed by atoms with van der Waals surface area (Å²) in [7, 11) is -2.61. The molecule has 7 atom stereocenters. The molecule has 6 rings (SSSR count). The average Bonchev–Trinajstić information content (AvgIpc) is 3.32. The summed E-state index contributed by atoms with van der Waals surface area (Å²) in [6, 6.07) is 27.8. The number of amides is 2. The maximum absolute atomic E-state index is 15.0. The van der Waals surface area contributed by atoms with Crippen LogP contribution in [0.5, 0.6) is 11.5 Å². The van der Waals surface area contributed by atoms with Crippen molar-refractivity contribution in [3.63, 3.8) is 0 Å². The van der Waals surface area contributed by atoms with Crippen molar-refractivity contribution >= 4 is 27.6 Å². The van der Waals surface area contributed by atoms with E-state index < -0.39 is 106 Å². The lowest BCUT2D eigenvalue weighted by atomic mass is 9.78. The number of carbonyl (C=O) groups excluding carboxylic acids is 3. The highest BCUT2D eigenvalue weighted by atomic mass is 32.2. The van der Waals surface area contributed by atoms with Gasteiger partial charge in [0.25, 0.3) is 17.0 Å². The van der Waals surface area contributed by atoms with Crippen LogP contribution >= 0.6 is 0 Å². The summed E-state index contributed by atoms with van der Waals surface area (Å²) in [6.07, 6.45) is 8.21. The minimum atomic E-state index is -5.04. The van der Waals surface area contributed by atoms with Crippen molar-refractivity contribution in [2.24, 2.45) is 0 Å². The zero-order valence-electron chi connectivity index (χ0n) is 35.9. The lowest BCUT2D eigenvalue weighted by Gasteiger charge is -2.54. The molecule has 15 nitrogen and oxygen atoms in total. The molecule has 2 aliphatic rings. The second-order valence-electron chi connectivity index (χ2n) is 14.8. The van der Waals surface area contributed by atoms with Crippen LogP contribution < -0.4 is 9.47 Å². The summed E-state index contributed by atoms with van der Waals surface area (Å²) in [5.41, 5.74) is -0.204. The zero-order valence-corrected chi connectivity index (χ0v) is 36.8. The molecule has 1 unspecified atom stereocenters. The number of hydrogen-bond acceptors (Lipinski definition) is 14. The third kappa shape index (κ3) is 8.84. The van der Waals surface area contributed by atoms with Crippen LogP contribution in [0.4, 0.5) is 0 Å². The molecule has 2 amide bonds. The SMILES string of the molecule is C#CCO[C@H]1C[C@@](C(=O)OC)(S(=O)(=O)c2ccccc2)O[C@@H]([C@H](OCC#C)[C@@](O)(OCC#C)C2Oc3ccc(OC)cc3C(c3ccccc3)(c3ccccc3)O2)[C@@H]1N(C(C)=O)C(C)=O. The Morgan fingerprint density at radius 3 is 1.92 bits per heavy atom. The summed E-state index contributed by atoms with van der Waals surface area (Å²) >= 11 is 0. The summed E-state index contributed by atoms with van der Waals surface area (Å²) in [5.74, 6) is 1.17. The standard InChI is InChI=1S/C49H47NO14S/c1-8-28-59-41-32-47(45(53)58-7,65(55,56)38-24-18-13-19-25-38)63-43(42(41)50(33(4)51)34(5)52)44(60-29-9-2)49(54,61-30-10-3)46-62-40-27-26-37(57-6)31-39(40)48(64-46,35-20-14-11-15-21-35)36-22-16-12-17-23-36/h1-3,11-27,31,41-44,46,54H,28-30,32H2,4-7H3/t41-,42+,43+,44-,46?,47-,49+/m0/s1. The molecule has 65 heavy (non-hydrogen) atoms. The van der Waals surface area contributed by atoms with Gasteiger partial charge in [-0.2, -0.15) is 0 Å². The van der Waals surface area contributed by atoms with Crippen molar-refractivity contribution in [1.82, 2.24) is 4.90 Å². The Labute approximate surface area is 377 Å². The third-order valence-electron chi connectivity index (χ3n) is 11.1. The van der Waals surface area contributed by atoms with E-state index in [-0.39, 0.29) is 5.75 Å². The number of esters is 1. The van der Waals surface area contributed by atoms with Crippen molar-refractivity contribution in [2.45, 2.75) is 72.1 Å². The number of fused-ring (bicyclic) bond motifs is 1. The Kier molecular flexibility index (Phi) is 14.8. The van der Waals surface area contributed by atoms with Crippen LogP contribution in [-0.4, -0.2) is 112 Å². The van der Waals surface area contributed by atoms with Gasteiger partial charge in [0, 0.05) is 25.8 Å². The number of carbonyl (C=O) groups is 3. The van der Waals surface area contributed by atoms with Crippen LogP contribution in [0.1, 0.15) is 37.0 Å². The topological polar surface area (TPSA) is 183 Å². The molecule has 2 aliphatic heterocycles. The van der Waals surface area contributed by atoms with Crippen LogP contribution in [0, 0.1) is 37.0 Å². The molecular formula is C49H47NO14S. The number of ether oxygens (including phenoxy) is 8. The molecule has 0 radical (unpaired) electrons. The van der Waals surface area contributed by atoms with Crippen molar-refractivity contribution in [3.8, 4) is 48.5 Å². The van der Waals surface area contributed by atoms with Gasteiger partial charge < -0.3 is 43.0 Å². The molecule has 16 heteroatoms. The third-order valence-corrected chi connectivity index (χ3v) is 13.3. The van der Waals surface area contributed by atoms with E-state index in [9.17, 15) is 19.5 Å². The van der Waals surface area contributed by atoms with Crippen LogP contribution in [-0.2, 0) is 58.2 Å². The minimum Gasteiger partial charge on any atom is -0.497 e. The predicted molar refractivity (Wildman–Crippen MR) is 233 cm³/mol. The van der Waals surface area contributed by atoms with Gasteiger partial charge >= 0.3 is 5.97 Å². The monoisotopic (exact) mass is 905 g/mol. The Balaban J connectivity index is 1.70. The molecule has 0 aromatic heterocycles. The van der Waals surface area contributed by atoms with E-state index in [1.807, 2.05) is 0 Å². The first-order chi connectivity index (χ1) is 31.2. The lowest BCUT2D eigenvalue weighted by Crippen LogP contribution is -2.74. The quantitative estimate of drug-likeness (QED) is 0.0968. The highest BCUT2D eigenvalue weighted by molar-refractivity contribution is 7.93. The molecule has 1 fully saturated rings. The van der Waals surface area contributed by atoms with Crippen LogP contribution in [0.3, 0.4) is 0 Å². The normalized spacial score (nSPS) is 22.4. The molecule has 4 aromatic carbocycles. The van der Waals surface area contributed by atoms with Crippen molar-refractivity contribution in [2.75, 3.05) is 34.0 Å². The van der Waals surface area contributed by atoms with Gasteiger partial charge in [-0.3, -0.25) is 14.5 Å². The van der Waals surface area contributed by atoms with E-state index >= 15 is 8.42 Å². The van der Waals surface area contributed by atoms with E-state index in [4.69, 9.17) is 57.2 Å². The maximum atomic E-state index is 15.0. The molecule has 4 aromatic rings. The molecule has 1 N–H and O–H groups in total. The molecular weight excluding hydrogens is 859 g/mol. The fourth-order valence-electron chi connectivity index (χ4n) is 8.34. The van der Waals surface area contributed by atoms with E-state index in [2.05, 4.69) is 17.8 Å². The van der Waals surface area contributed by atoms with Gasteiger partial charge in [-0.1, -0.05) is 96.6 Å². The van der Waals surface area contributed by atoms with Gasteiger partial charge in [0.2, 0.25) is 21.7 Å². The molecule has 0 bridgehead atoms. The second kappa shape index (κ2) is 20.1. The van der Waals surface area contributed by atoms with Gasteiger partial charge in [0.15, 0.2) is 5.60 Å². The fourth-order valence-corrected chi connectivity index (χ4v) is 10.2. The summed E-state index contributed by atoms with van der Waals surface area (Å²) in [5, 5.41) is 13.6. The first-order valence-electron chi connectivity index (χ1n) is 20.1. The van der Waals surface area contributed by atoms with Crippen molar-refractivity contribution in [3.05, 3.63) is 126 Å². The number of nitrogens with zero attached hydrogens (tertiary/aromatic N) is 1. The highest BCUT2D eigenvalue weighted by Gasteiger charge is 2.68. The van der Waals surface area contributed by atoms with Crippen LogP contribution in [0.15, 0.2) is 114 Å². The van der Waals surface area contributed by atoms with Crippen LogP contribution in [0.2, 0.25) is 0 Å². The number of rotatable bonds is 16. The van der Waals surface area contributed by atoms with Crippen LogP contribution in [0.25, 0.3) is 0 Å². The number of sulfone groups is 1. The molecule has 1 saturated heterocycles. The Hall–Kier alpha value is -6.52. The zero-order chi connectivity index (χ0) is 47.0. The van der Waals surface area contributed by atoms with E-state index in [1.165, 1.54) is 31.4 Å². The molecule has 0 spiro atoms. The molecule has 2 heterocycles. The predicted octanol–water partition coefficient (Wildman–Crippen LogP) is 3.99. The van der Waals surface area contributed by atoms with Crippen molar-refractivity contribution in [1.29, 1.82) is 0 Å². The first kappa shape index (κ1) is 47.9. The molecule has 0 saturated carbocycles. The number of terminal acetylenes is 3. The number of methoxy groups -OCH3 is 2. The van der Waals surface area contributed by atoms with E-state index in [0.29, 0.717) is 27.3 Å². The second-order valence-corrected chi connectivity index (χ2v) is 17.0. The van der Waals surface area contributed by atoms with Gasteiger partial charge in [0.1, 0.15) is 43.5 Å². The maximum Gasteiger partial charge on any atom is 0.354 e. The van der Waals surface area contributed by atoms with Gasteiger partial charge in [-0.25, -0.2) is 13.2 Å². The Morgan fingerprint density at radius 2 is 1.40 bits per heavy atom. The smallest absolute Gasteiger partial charge is 0.354 e. The van der Waals surface area contributed by atoms with E-state index in [1.54, 1.807) is 84.9 Å².